The van der Waals surface area contributed by atoms with Gasteiger partial charge in [0.05, 0.1) is 4.90 Å². The number of nitrogens with zero attached hydrogens (tertiary/aromatic N) is 2. The standard InChI is InChI=1S/C19H23N3O2S2/c1-16-7-9-18(10-8-16)26(23,24)22-13-11-21(12-14-22)19(25)20-15-17-5-3-2-4-6-17/h2-10H,11-15H2,1H3,(H,20,25). The summed E-state index contributed by atoms with van der Waals surface area (Å²) in [6.07, 6.45) is 0. The Balaban J connectivity index is 1.55. The highest BCUT2D eigenvalue weighted by Crippen LogP contribution is 2.18. The summed E-state index contributed by atoms with van der Waals surface area (Å²) in [4.78, 5) is 2.38. The fourth-order valence-electron chi connectivity index (χ4n) is 2.88. The number of rotatable bonds is 4. The molecule has 0 saturated carbocycles. The molecule has 0 aliphatic carbocycles. The van der Waals surface area contributed by atoms with Crippen molar-refractivity contribution in [2.24, 2.45) is 0 Å². The highest BCUT2D eigenvalue weighted by atomic mass is 32.2. The fourth-order valence-corrected chi connectivity index (χ4v) is 4.55. The van der Waals surface area contributed by atoms with E-state index in [0.29, 0.717) is 42.7 Å². The number of sulfonamides is 1. The molecule has 0 radical (unpaired) electrons. The first-order valence-electron chi connectivity index (χ1n) is 8.60. The van der Waals surface area contributed by atoms with Crippen molar-refractivity contribution < 1.29 is 8.42 Å². The Kier molecular flexibility index (Phi) is 5.90. The molecule has 0 amide bonds. The zero-order chi connectivity index (χ0) is 18.6. The van der Waals surface area contributed by atoms with Crippen LogP contribution in [0, 0.1) is 6.92 Å². The van der Waals surface area contributed by atoms with Crippen molar-refractivity contribution in [3.8, 4) is 0 Å². The first-order valence-corrected chi connectivity index (χ1v) is 10.5. The zero-order valence-corrected chi connectivity index (χ0v) is 16.4. The average molecular weight is 390 g/mol. The van der Waals surface area contributed by atoms with E-state index in [9.17, 15) is 8.42 Å². The van der Waals surface area contributed by atoms with E-state index in [-0.39, 0.29) is 0 Å². The van der Waals surface area contributed by atoms with Gasteiger partial charge in [0.2, 0.25) is 10.0 Å². The molecule has 1 fully saturated rings. The van der Waals surface area contributed by atoms with Crippen LogP contribution in [-0.2, 0) is 16.6 Å². The van der Waals surface area contributed by atoms with Gasteiger partial charge in [0, 0.05) is 32.7 Å². The molecule has 138 valence electrons. The largest absolute Gasteiger partial charge is 0.358 e. The van der Waals surface area contributed by atoms with Crippen LogP contribution in [0.2, 0.25) is 0 Å². The van der Waals surface area contributed by atoms with Gasteiger partial charge in [-0.05, 0) is 36.8 Å². The van der Waals surface area contributed by atoms with Crippen molar-refractivity contribution in [2.75, 3.05) is 26.2 Å². The molecule has 1 heterocycles. The molecule has 0 bridgehead atoms. The van der Waals surface area contributed by atoms with Crippen LogP contribution in [0.3, 0.4) is 0 Å². The number of nitrogens with one attached hydrogen (secondary N) is 1. The highest BCUT2D eigenvalue weighted by molar-refractivity contribution is 7.89. The van der Waals surface area contributed by atoms with Crippen LogP contribution in [0.1, 0.15) is 11.1 Å². The molecule has 0 aromatic heterocycles. The average Bonchev–Trinajstić information content (AvgIpc) is 2.67. The molecule has 0 spiro atoms. The summed E-state index contributed by atoms with van der Waals surface area (Å²) in [6.45, 7) is 4.66. The Morgan fingerprint density at radius 1 is 1.00 bits per heavy atom. The fraction of sp³-hybridized carbons (Fsp3) is 0.316. The van der Waals surface area contributed by atoms with E-state index in [2.05, 4.69) is 5.32 Å². The summed E-state index contributed by atoms with van der Waals surface area (Å²) >= 11 is 5.46. The minimum Gasteiger partial charge on any atom is -0.358 e. The van der Waals surface area contributed by atoms with E-state index in [1.54, 1.807) is 12.1 Å². The third-order valence-corrected chi connectivity index (χ3v) is 6.79. The number of thiocarbonyl (C=S) groups is 1. The normalized spacial score (nSPS) is 15.7. The van der Waals surface area contributed by atoms with Crippen molar-refractivity contribution in [3.05, 3.63) is 65.7 Å². The van der Waals surface area contributed by atoms with E-state index in [0.717, 1.165) is 11.1 Å². The van der Waals surface area contributed by atoms with Crippen LogP contribution in [0.25, 0.3) is 0 Å². The smallest absolute Gasteiger partial charge is 0.243 e. The van der Waals surface area contributed by atoms with E-state index >= 15 is 0 Å². The molecule has 26 heavy (non-hydrogen) atoms. The monoisotopic (exact) mass is 389 g/mol. The second kappa shape index (κ2) is 8.16. The van der Waals surface area contributed by atoms with Gasteiger partial charge in [-0.15, -0.1) is 0 Å². The third kappa shape index (κ3) is 4.41. The van der Waals surface area contributed by atoms with Crippen LogP contribution in [0.4, 0.5) is 0 Å². The van der Waals surface area contributed by atoms with Crippen LogP contribution in [0.15, 0.2) is 59.5 Å². The summed E-state index contributed by atoms with van der Waals surface area (Å²) in [7, 11) is -3.44. The molecule has 7 heteroatoms. The number of piperazine rings is 1. The predicted molar refractivity (Wildman–Crippen MR) is 107 cm³/mol. The number of aryl methyl sites for hydroxylation is 1. The van der Waals surface area contributed by atoms with Crippen molar-refractivity contribution in [3.63, 3.8) is 0 Å². The van der Waals surface area contributed by atoms with Crippen molar-refractivity contribution in [2.45, 2.75) is 18.4 Å². The molecule has 1 saturated heterocycles. The Bertz CT molecular complexity index is 844. The lowest BCUT2D eigenvalue weighted by atomic mass is 10.2. The second-order valence-electron chi connectivity index (χ2n) is 6.35. The van der Waals surface area contributed by atoms with Crippen LogP contribution >= 0.6 is 12.2 Å². The molecule has 0 unspecified atom stereocenters. The molecule has 2 aromatic carbocycles. The first kappa shape index (κ1) is 18.8. The van der Waals surface area contributed by atoms with Gasteiger partial charge in [-0.3, -0.25) is 0 Å². The van der Waals surface area contributed by atoms with Gasteiger partial charge in [0.25, 0.3) is 0 Å². The summed E-state index contributed by atoms with van der Waals surface area (Å²) < 4.78 is 27.0. The van der Waals surface area contributed by atoms with Gasteiger partial charge in [0.1, 0.15) is 0 Å². The zero-order valence-electron chi connectivity index (χ0n) is 14.8. The topological polar surface area (TPSA) is 52.7 Å². The SMILES string of the molecule is Cc1ccc(S(=O)(=O)N2CCN(C(=S)NCc3ccccc3)CC2)cc1. The van der Waals surface area contributed by atoms with Crippen LogP contribution in [0.5, 0.6) is 0 Å². The number of benzene rings is 2. The van der Waals surface area contributed by atoms with Gasteiger partial charge in [0.15, 0.2) is 5.11 Å². The Hall–Kier alpha value is -1.96. The van der Waals surface area contributed by atoms with E-state index in [1.165, 1.54) is 4.31 Å². The van der Waals surface area contributed by atoms with E-state index in [4.69, 9.17) is 12.2 Å². The molecular weight excluding hydrogens is 366 g/mol. The van der Waals surface area contributed by atoms with Crippen molar-refractivity contribution in [1.82, 2.24) is 14.5 Å². The van der Waals surface area contributed by atoms with Crippen molar-refractivity contribution >= 4 is 27.4 Å². The summed E-state index contributed by atoms with van der Waals surface area (Å²) in [5, 5.41) is 3.92. The molecule has 3 rings (SSSR count). The Morgan fingerprint density at radius 2 is 1.62 bits per heavy atom. The molecular formula is C19H23N3O2S2. The third-order valence-electron chi connectivity index (χ3n) is 4.47. The maximum absolute atomic E-state index is 12.7. The van der Waals surface area contributed by atoms with Crippen LogP contribution < -0.4 is 5.32 Å². The predicted octanol–water partition coefficient (Wildman–Crippen LogP) is 2.38. The quantitative estimate of drug-likeness (QED) is 0.814. The van der Waals surface area contributed by atoms with Gasteiger partial charge >= 0.3 is 0 Å². The van der Waals surface area contributed by atoms with E-state index in [1.807, 2.05) is 54.3 Å². The van der Waals surface area contributed by atoms with Gasteiger partial charge in [-0.25, -0.2) is 8.42 Å². The summed E-state index contributed by atoms with van der Waals surface area (Å²) in [5.74, 6) is 0. The highest BCUT2D eigenvalue weighted by Gasteiger charge is 2.29. The maximum atomic E-state index is 12.7. The maximum Gasteiger partial charge on any atom is 0.243 e. The lowest BCUT2D eigenvalue weighted by Gasteiger charge is -2.35. The molecule has 1 aliphatic heterocycles. The van der Waals surface area contributed by atoms with Crippen LogP contribution in [-0.4, -0.2) is 48.9 Å². The number of hydrogen-bond donors (Lipinski definition) is 1. The Labute approximate surface area is 160 Å². The molecule has 1 aliphatic rings. The lowest BCUT2D eigenvalue weighted by molar-refractivity contribution is 0.264. The second-order valence-corrected chi connectivity index (χ2v) is 8.67. The molecule has 2 aromatic rings. The van der Waals surface area contributed by atoms with Gasteiger partial charge in [-0.1, -0.05) is 48.0 Å². The van der Waals surface area contributed by atoms with Crippen molar-refractivity contribution in [1.29, 1.82) is 0 Å². The molecule has 1 N–H and O–H groups in total. The summed E-state index contributed by atoms with van der Waals surface area (Å²) in [5.41, 5.74) is 2.21. The molecule has 5 nitrogen and oxygen atoms in total. The molecule has 0 atom stereocenters. The van der Waals surface area contributed by atoms with Gasteiger partial charge in [-0.2, -0.15) is 4.31 Å². The first-order chi connectivity index (χ1) is 12.5. The van der Waals surface area contributed by atoms with Gasteiger partial charge < -0.3 is 10.2 Å². The van der Waals surface area contributed by atoms with E-state index < -0.39 is 10.0 Å². The Morgan fingerprint density at radius 3 is 2.23 bits per heavy atom. The minimum absolute atomic E-state index is 0.348. The summed E-state index contributed by atoms with van der Waals surface area (Å²) in [6, 6.07) is 17.0. The lowest BCUT2D eigenvalue weighted by Crippen LogP contribution is -2.52. The minimum atomic E-state index is -3.44. The number of hydrogen-bond acceptors (Lipinski definition) is 3.